The van der Waals surface area contributed by atoms with Gasteiger partial charge in [0.05, 0.1) is 18.7 Å². The summed E-state index contributed by atoms with van der Waals surface area (Å²) in [5, 5.41) is 12.9. The minimum absolute atomic E-state index is 0.291. The highest BCUT2D eigenvalue weighted by Crippen LogP contribution is 2.36. The van der Waals surface area contributed by atoms with Crippen molar-refractivity contribution < 1.29 is 14.3 Å². The molecule has 3 rings (SSSR count). The number of ether oxygens (including phenoxy) is 1. The average Bonchev–Trinajstić information content (AvgIpc) is 3.03. The third-order valence-corrected chi connectivity index (χ3v) is 5.67. The molecule has 1 aliphatic rings. The molecule has 1 aliphatic heterocycles. The Morgan fingerprint density at radius 3 is 2.89 bits per heavy atom. The standard InChI is InChI=1S/C21H21N3O3S/c1-3-27-21(26)24-11-10-16-17(12-22)20(28-18(16)13-24)23-19(25)9-8-15-7-5-4-6-14(15)2/h4-9H,3,10-11,13H2,1-2H3,(H,23,25)/b9-8+. The van der Waals surface area contributed by atoms with Crippen LogP contribution in [0.15, 0.2) is 30.3 Å². The molecule has 28 heavy (non-hydrogen) atoms. The molecule has 1 N–H and O–H groups in total. The Bertz CT molecular complexity index is 972. The Kier molecular flexibility index (Phi) is 6.12. The van der Waals surface area contributed by atoms with Gasteiger partial charge in [0, 0.05) is 17.5 Å². The number of hydrogen-bond acceptors (Lipinski definition) is 5. The van der Waals surface area contributed by atoms with E-state index in [1.165, 1.54) is 17.4 Å². The van der Waals surface area contributed by atoms with Gasteiger partial charge in [0.1, 0.15) is 11.1 Å². The van der Waals surface area contributed by atoms with E-state index in [0.29, 0.717) is 36.7 Å². The first-order chi connectivity index (χ1) is 13.5. The van der Waals surface area contributed by atoms with E-state index in [4.69, 9.17) is 4.74 Å². The molecule has 0 unspecified atom stereocenters. The highest BCUT2D eigenvalue weighted by atomic mass is 32.1. The number of anilines is 1. The van der Waals surface area contributed by atoms with Crippen molar-refractivity contribution in [2.24, 2.45) is 0 Å². The maximum atomic E-state index is 12.4. The van der Waals surface area contributed by atoms with Crippen molar-refractivity contribution in [1.82, 2.24) is 4.90 Å². The first kappa shape index (κ1) is 19.6. The Hall–Kier alpha value is -3.11. The largest absolute Gasteiger partial charge is 0.450 e. The van der Waals surface area contributed by atoms with Gasteiger partial charge in [-0.1, -0.05) is 24.3 Å². The average molecular weight is 395 g/mol. The van der Waals surface area contributed by atoms with Crippen LogP contribution in [0.4, 0.5) is 9.80 Å². The van der Waals surface area contributed by atoms with Gasteiger partial charge in [0.2, 0.25) is 5.91 Å². The lowest BCUT2D eigenvalue weighted by Crippen LogP contribution is -2.35. The summed E-state index contributed by atoms with van der Waals surface area (Å²) in [4.78, 5) is 26.8. The van der Waals surface area contributed by atoms with Gasteiger partial charge in [-0.2, -0.15) is 5.26 Å². The SMILES string of the molecule is CCOC(=O)N1CCc2c(sc(NC(=O)/C=C/c3ccccc3C)c2C#N)C1. The number of carbonyl (C=O) groups is 2. The van der Waals surface area contributed by atoms with Crippen molar-refractivity contribution in [3.8, 4) is 6.07 Å². The highest BCUT2D eigenvalue weighted by molar-refractivity contribution is 7.16. The second-order valence-electron chi connectivity index (χ2n) is 6.37. The van der Waals surface area contributed by atoms with Crippen LogP contribution in [-0.2, 0) is 22.5 Å². The molecule has 1 aromatic carbocycles. The van der Waals surface area contributed by atoms with E-state index in [-0.39, 0.29) is 12.0 Å². The van der Waals surface area contributed by atoms with E-state index in [0.717, 1.165) is 21.6 Å². The van der Waals surface area contributed by atoms with Crippen LogP contribution in [0.3, 0.4) is 0 Å². The summed E-state index contributed by atoms with van der Waals surface area (Å²) in [5.41, 5.74) is 3.44. The Labute approximate surface area is 168 Å². The minimum atomic E-state index is -0.355. The third-order valence-electron chi connectivity index (χ3n) is 4.53. The van der Waals surface area contributed by atoms with Crippen LogP contribution in [0.5, 0.6) is 0 Å². The van der Waals surface area contributed by atoms with Crippen LogP contribution < -0.4 is 5.32 Å². The number of fused-ring (bicyclic) bond motifs is 1. The summed E-state index contributed by atoms with van der Waals surface area (Å²) >= 11 is 1.34. The maximum absolute atomic E-state index is 12.4. The van der Waals surface area contributed by atoms with Gasteiger partial charge in [-0.3, -0.25) is 4.79 Å². The number of amides is 2. The lowest BCUT2D eigenvalue weighted by atomic mass is 10.0. The molecule has 0 atom stereocenters. The van der Waals surface area contributed by atoms with Crippen molar-refractivity contribution >= 4 is 34.4 Å². The second kappa shape index (κ2) is 8.72. The van der Waals surface area contributed by atoms with E-state index in [9.17, 15) is 14.9 Å². The summed E-state index contributed by atoms with van der Waals surface area (Å²) in [5.74, 6) is -0.291. The molecule has 0 saturated carbocycles. The zero-order chi connectivity index (χ0) is 20.1. The number of rotatable bonds is 4. The van der Waals surface area contributed by atoms with Crippen LogP contribution in [0.1, 0.15) is 34.1 Å². The summed E-state index contributed by atoms with van der Waals surface area (Å²) in [6.07, 6.45) is 3.44. The molecule has 144 valence electrons. The molecular formula is C21H21N3O3S. The maximum Gasteiger partial charge on any atom is 0.410 e. The predicted molar refractivity (Wildman–Crippen MR) is 109 cm³/mol. The Morgan fingerprint density at radius 2 is 2.18 bits per heavy atom. The molecule has 0 aliphatic carbocycles. The zero-order valence-electron chi connectivity index (χ0n) is 15.8. The summed E-state index contributed by atoms with van der Waals surface area (Å²) in [7, 11) is 0. The van der Waals surface area contributed by atoms with Crippen molar-refractivity contribution in [1.29, 1.82) is 5.26 Å². The fourth-order valence-electron chi connectivity index (χ4n) is 3.07. The fraction of sp³-hybridized carbons (Fsp3) is 0.286. The number of carbonyl (C=O) groups excluding carboxylic acids is 2. The predicted octanol–water partition coefficient (Wildman–Crippen LogP) is 4.09. The van der Waals surface area contributed by atoms with E-state index in [1.54, 1.807) is 17.9 Å². The monoisotopic (exact) mass is 395 g/mol. The molecule has 2 heterocycles. The van der Waals surface area contributed by atoms with E-state index in [1.807, 2.05) is 31.2 Å². The lowest BCUT2D eigenvalue weighted by Gasteiger charge is -2.25. The first-order valence-electron chi connectivity index (χ1n) is 9.04. The molecule has 7 heteroatoms. The topological polar surface area (TPSA) is 82.4 Å². The quantitative estimate of drug-likeness (QED) is 0.791. The van der Waals surface area contributed by atoms with Crippen LogP contribution >= 0.6 is 11.3 Å². The van der Waals surface area contributed by atoms with Gasteiger partial charge in [-0.15, -0.1) is 11.3 Å². The van der Waals surface area contributed by atoms with Crippen LogP contribution in [0, 0.1) is 18.3 Å². The zero-order valence-corrected chi connectivity index (χ0v) is 16.6. The van der Waals surface area contributed by atoms with Crippen LogP contribution in [-0.4, -0.2) is 30.1 Å². The first-order valence-corrected chi connectivity index (χ1v) is 9.86. The molecule has 0 fully saturated rings. The Morgan fingerprint density at radius 1 is 1.39 bits per heavy atom. The summed E-state index contributed by atoms with van der Waals surface area (Å²) in [6.45, 7) is 4.96. The van der Waals surface area contributed by atoms with Crippen molar-refractivity contribution in [3.63, 3.8) is 0 Å². The molecular weight excluding hydrogens is 374 g/mol. The number of hydrogen-bond donors (Lipinski definition) is 1. The molecule has 0 radical (unpaired) electrons. The van der Waals surface area contributed by atoms with Crippen molar-refractivity contribution in [2.45, 2.75) is 26.8 Å². The van der Waals surface area contributed by atoms with Crippen LogP contribution in [0.25, 0.3) is 6.08 Å². The van der Waals surface area contributed by atoms with Gasteiger partial charge in [0.25, 0.3) is 0 Å². The normalized spacial score (nSPS) is 13.1. The molecule has 2 aromatic rings. The number of thiophene rings is 1. The summed E-state index contributed by atoms with van der Waals surface area (Å²) in [6, 6.07) is 9.98. The third kappa shape index (κ3) is 4.24. The van der Waals surface area contributed by atoms with E-state index in [2.05, 4.69) is 11.4 Å². The molecule has 6 nitrogen and oxygen atoms in total. The van der Waals surface area contributed by atoms with Crippen molar-refractivity contribution in [2.75, 3.05) is 18.5 Å². The lowest BCUT2D eigenvalue weighted by molar-refractivity contribution is -0.111. The van der Waals surface area contributed by atoms with Gasteiger partial charge < -0.3 is 15.0 Å². The Balaban J connectivity index is 1.75. The van der Waals surface area contributed by atoms with Gasteiger partial charge in [0.15, 0.2) is 0 Å². The van der Waals surface area contributed by atoms with Crippen molar-refractivity contribution in [3.05, 3.63) is 57.5 Å². The summed E-state index contributed by atoms with van der Waals surface area (Å²) < 4.78 is 5.06. The van der Waals surface area contributed by atoms with E-state index >= 15 is 0 Å². The number of nitriles is 1. The number of aryl methyl sites for hydroxylation is 1. The minimum Gasteiger partial charge on any atom is -0.450 e. The number of nitrogens with one attached hydrogen (secondary N) is 1. The fourth-order valence-corrected chi connectivity index (χ4v) is 4.29. The van der Waals surface area contributed by atoms with Crippen LogP contribution in [0.2, 0.25) is 0 Å². The number of benzene rings is 1. The van der Waals surface area contributed by atoms with Gasteiger partial charge in [-0.25, -0.2) is 4.79 Å². The molecule has 1 aromatic heterocycles. The van der Waals surface area contributed by atoms with Gasteiger partial charge in [-0.05, 0) is 43.0 Å². The molecule has 0 bridgehead atoms. The second-order valence-corrected chi connectivity index (χ2v) is 7.47. The molecule has 2 amide bonds. The number of nitrogens with zero attached hydrogens (tertiary/aromatic N) is 2. The molecule has 0 saturated heterocycles. The smallest absolute Gasteiger partial charge is 0.410 e. The highest BCUT2D eigenvalue weighted by Gasteiger charge is 2.27. The van der Waals surface area contributed by atoms with Gasteiger partial charge >= 0.3 is 6.09 Å². The van der Waals surface area contributed by atoms with E-state index < -0.39 is 0 Å². The molecule has 0 spiro atoms.